The van der Waals surface area contributed by atoms with Crippen LogP contribution in [0.1, 0.15) is 11.1 Å². The zero-order valence-electron chi connectivity index (χ0n) is 18.9. The molecule has 4 heterocycles. The van der Waals surface area contributed by atoms with E-state index >= 15 is 0 Å². The monoisotopic (exact) mass is 455 g/mol. The normalized spacial score (nSPS) is 16.4. The molecule has 2 aliphatic heterocycles. The molecule has 1 aromatic carbocycles. The molecule has 2 aromatic heterocycles. The highest BCUT2D eigenvalue weighted by molar-refractivity contribution is 6.35. The van der Waals surface area contributed by atoms with Crippen molar-refractivity contribution in [2.24, 2.45) is 0 Å². The molecule has 0 atom stereocenters. The number of imide groups is 1. The number of carbonyl (C=O) groups is 2. The molecule has 3 aromatic rings. The van der Waals surface area contributed by atoms with Gasteiger partial charge in [-0.05, 0) is 29.8 Å². The molecule has 5 rings (SSSR count). The molecule has 2 amide bonds. The van der Waals surface area contributed by atoms with Crippen LogP contribution in [0.2, 0.25) is 0 Å². The van der Waals surface area contributed by atoms with E-state index in [9.17, 15) is 9.59 Å². The summed E-state index contributed by atoms with van der Waals surface area (Å²) in [5.41, 5.74) is 2.24. The number of piperazine rings is 1. The Morgan fingerprint density at radius 3 is 2.32 bits per heavy atom. The van der Waals surface area contributed by atoms with E-state index < -0.39 is 0 Å². The quantitative estimate of drug-likeness (QED) is 0.529. The first-order valence-electron chi connectivity index (χ1n) is 11.2. The van der Waals surface area contributed by atoms with Crippen LogP contribution in [0.4, 0.5) is 5.82 Å². The first-order chi connectivity index (χ1) is 16.7. The number of anilines is 1. The Labute approximate surface area is 198 Å². The predicted molar refractivity (Wildman–Crippen MR) is 128 cm³/mol. The Kier molecular flexibility index (Phi) is 5.95. The Bertz CT molecular complexity index is 1220. The van der Waals surface area contributed by atoms with Crippen molar-refractivity contribution in [3.05, 3.63) is 90.0 Å². The lowest BCUT2D eigenvalue weighted by molar-refractivity contribution is -0.138. The van der Waals surface area contributed by atoms with Gasteiger partial charge in [0.15, 0.2) is 0 Å². The van der Waals surface area contributed by atoms with Crippen molar-refractivity contribution in [1.82, 2.24) is 19.8 Å². The number of methoxy groups -OCH3 is 1. The molecule has 172 valence electrons. The van der Waals surface area contributed by atoms with Crippen molar-refractivity contribution in [2.45, 2.75) is 6.54 Å². The minimum Gasteiger partial charge on any atom is -0.496 e. The summed E-state index contributed by atoms with van der Waals surface area (Å²) in [6.45, 7) is 2.77. The summed E-state index contributed by atoms with van der Waals surface area (Å²) >= 11 is 0. The van der Waals surface area contributed by atoms with Crippen LogP contribution < -0.4 is 9.64 Å². The number of rotatable bonds is 6. The maximum Gasteiger partial charge on any atom is 0.278 e. The van der Waals surface area contributed by atoms with E-state index in [0.29, 0.717) is 48.8 Å². The fourth-order valence-corrected chi connectivity index (χ4v) is 4.47. The van der Waals surface area contributed by atoms with Gasteiger partial charge in [-0.3, -0.25) is 19.5 Å². The van der Waals surface area contributed by atoms with Gasteiger partial charge >= 0.3 is 0 Å². The highest BCUT2D eigenvalue weighted by Gasteiger charge is 2.43. The fraction of sp³-hybridized carbons (Fsp3) is 0.231. The molecule has 1 saturated heterocycles. The van der Waals surface area contributed by atoms with Crippen LogP contribution in [-0.2, 0) is 16.1 Å². The standard InChI is InChI=1S/C26H25N5O3/c1-34-21-9-3-2-8-20(21)23-24(26(33)31(25(23)32)18-19-7-6-11-27-17-19)30-15-13-29(14-16-30)22-10-4-5-12-28-22/h2-12,17H,13-16,18H2,1H3. The van der Waals surface area contributed by atoms with Crippen LogP contribution >= 0.6 is 0 Å². The second-order valence-corrected chi connectivity index (χ2v) is 8.14. The molecule has 0 spiro atoms. The summed E-state index contributed by atoms with van der Waals surface area (Å²) in [7, 11) is 1.57. The summed E-state index contributed by atoms with van der Waals surface area (Å²) in [5.74, 6) is 0.862. The van der Waals surface area contributed by atoms with Crippen molar-refractivity contribution < 1.29 is 14.3 Å². The van der Waals surface area contributed by atoms with Gasteiger partial charge in [-0.2, -0.15) is 0 Å². The Balaban J connectivity index is 1.49. The molecule has 0 bridgehead atoms. The molecule has 8 nitrogen and oxygen atoms in total. The van der Waals surface area contributed by atoms with Gasteiger partial charge in [-0.1, -0.05) is 30.3 Å². The zero-order chi connectivity index (χ0) is 23.5. The maximum absolute atomic E-state index is 13.7. The number of hydrogen-bond acceptors (Lipinski definition) is 7. The number of para-hydroxylation sites is 1. The SMILES string of the molecule is COc1ccccc1C1=C(N2CCN(c3ccccn3)CC2)C(=O)N(Cc2cccnc2)C1=O. The third-order valence-electron chi connectivity index (χ3n) is 6.15. The third kappa shape index (κ3) is 3.98. The van der Waals surface area contributed by atoms with Crippen LogP contribution in [0.25, 0.3) is 5.57 Å². The van der Waals surface area contributed by atoms with Gasteiger partial charge in [0.05, 0.1) is 19.2 Å². The number of aromatic nitrogens is 2. The van der Waals surface area contributed by atoms with Gasteiger partial charge in [-0.15, -0.1) is 0 Å². The molecular formula is C26H25N5O3. The lowest BCUT2D eigenvalue weighted by Crippen LogP contribution is -2.47. The minimum absolute atomic E-state index is 0.168. The molecule has 0 saturated carbocycles. The predicted octanol–water partition coefficient (Wildman–Crippen LogP) is 2.59. The van der Waals surface area contributed by atoms with Gasteiger partial charge in [-0.25, -0.2) is 4.98 Å². The summed E-state index contributed by atoms with van der Waals surface area (Å²) < 4.78 is 5.54. The van der Waals surface area contributed by atoms with E-state index in [1.807, 2.05) is 47.4 Å². The molecule has 0 radical (unpaired) electrons. The van der Waals surface area contributed by atoms with E-state index in [4.69, 9.17) is 4.74 Å². The van der Waals surface area contributed by atoms with Crippen LogP contribution in [0.3, 0.4) is 0 Å². The number of benzene rings is 1. The molecule has 2 aliphatic rings. The molecule has 8 heteroatoms. The average molecular weight is 456 g/mol. The maximum atomic E-state index is 13.7. The fourth-order valence-electron chi connectivity index (χ4n) is 4.47. The second-order valence-electron chi connectivity index (χ2n) is 8.14. The zero-order valence-corrected chi connectivity index (χ0v) is 18.9. The minimum atomic E-state index is -0.319. The number of pyridine rings is 2. The Hall–Kier alpha value is -4.20. The number of ether oxygens (including phenoxy) is 1. The molecular weight excluding hydrogens is 430 g/mol. The lowest BCUT2D eigenvalue weighted by Gasteiger charge is -2.37. The summed E-state index contributed by atoms with van der Waals surface area (Å²) in [6, 6.07) is 16.8. The Morgan fingerprint density at radius 1 is 0.853 bits per heavy atom. The van der Waals surface area contributed by atoms with Crippen LogP contribution in [-0.4, -0.2) is 64.9 Å². The van der Waals surface area contributed by atoms with E-state index in [1.165, 1.54) is 4.90 Å². The van der Waals surface area contributed by atoms with Crippen molar-refractivity contribution in [1.29, 1.82) is 0 Å². The highest BCUT2D eigenvalue weighted by Crippen LogP contribution is 2.37. The molecule has 0 unspecified atom stereocenters. The Morgan fingerprint density at radius 2 is 1.62 bits per heavy atom. The molecule has 1 fully saturated rings. The van der Waals surface area contributed by atoms with Crippen LogP contribution in [0.15, 0.2) is 78.9 Å². The lowest BCUT2D eigenvalue weighted by atomic mass is 10.0. The summed E-state index contributed by atoms with van der Waals surface area (Å²) in [5, 5.41) is 0. The number of amides is 2. The van der Waals surface area contributed by atoms with E-state index in [2.05, 4.69) is 14.9 Å². The highest BCUT2D eigenvalue weighted by atomic mass is 16.5. The number of carbonyl (C=O) groups excluding carboxylic acids is 2. The number of hydrogen-bond donors (Lipinski definition) is 0. The van der Waals surface area contributed by atoms with Gasteiger partial charge in [0.2, 0.25) is 0 Å². The average Bonchev–Trinajstić information content (AvgIpc) is 3.14. The molecule has 0 N–H and O–H groups in total. The smallest absolute Gasteiger partial charge is 0.278 e. The van der Waals surface area contributed by atoms with E-state index in [0.717, 1.165) is 11.4 Å². The number of nitrogens with zero attached hydrogens (tertiary/aromatic N) is 5. The van der Waals surface area contributed by atoms with Crippen LogP contribution in [0.5, 0.6) is 5.75 Å². The molecule has 0 aliphatic carbocycles. The van der Waals surface area contributed by atoms with Gasteiger partial charge in [0.1, 0.15) is 17.3 Å². The van der Waals surface area contributed by atoms with E-state index in [1.54, 1.807) is 37.8 Å². The summed E-state index contributed by atoms with van der Waals surface area (Å²) in [4.78, 5) is 41.4. The second kappa shape index (κ2) is 9.35. The van der Waals surface area contributed by atoms with Gasteiger partial charge in [0.25, 0.3) is 11.8 Å². The largest absolute Gasteiger partial charge is 0.496 e. The topological polar surface area (TPSA) is 78.9 Å². The summed E-state index contributed by atoms with van der Waals surface area (Å²) in [6.07, 6.45) is 5.12. The third-order valence-corrected chi connectivity index (χ3v) is 6.15. The first kappa shape index (κ1) is 21.6. The molecule has 34 heavy (non-hydrogen) atoms. The van der Waals surface area contributed by atoms with Crippen molar-refractivity contribution >= 4 is 23.2 Å². The van der Waals surface area contributed by atoms with Crippen molar-refractivity contribution in [2.75, 3.05) is 38.2 Å². The van der Waals surface area contributed by atoms with E-state index in [-0.39, 0.29) is 18.4 Å². The first-order valence-corrected chi connectivity index (χ1v) is 11.2. The van der Waals surface area contributed by atoms with Crippen molar-refractivity contribution in [3.63, 3.8) is 0 Å². The van der Waals surface area contributed by atoms with Gasteiger partial charge < -0.3 is 14.5 Å². The van der Waals surface area contributed by atoms with Crippen LogP contribution in [0, 0.1) is 0 Å². The van der Waals surface area contributed by atoms with Crippen molar-refractivity contribution in [3.8, 4) is 5.75 Å². The van der Waals surface area contributed by atoms with Gasteiger partial charge in [0, 0.05) is 50.3 Å².